The SMILES string of the molecule is CCCNC(=O)[C@H](Cc1ccccc1)N(Cc1c(Cl)cccc1Cl)C(=O)COc1ccc2ccccc2c1Br. The molecule has 0 aromatic heterocycles. The van der Waals surface area contributed by atoms with Crippen molar-refractivity contribution in [2.45, 2.75) is 32.4 Å². The first-order chi connectivity index (χ1) is 18.9. The zero-order valence-corrected chi connectivity index (χ0v) is 24.6. The zero-order chi connectivity index (χ0) is 27.8. The van der Waals surface area contributed by atoms with E-state index in [-0.39, 0.29) is 25.0 Å². The average Bonchev–Trinajstić information content (AvgIpc) is 2.95. The van der Waals surface area contributed by atoms with Crippen LogP contribution in [-0.4, -0.2) is 35.9 Å². The highest BCUT2D eigenvalue weighted by atomic mass is 79.9. The molecule has 0 aliphatic carbocycles. The lowest BCUT2D eigenvalue weighted by Gasteiger charge is -2.32. The molecular weight excluding hydrogens is 599 g/mol. The summed E-state index contributed by atoms with van der Waals surface area (Å²) in [6.45, 7) is 2.26. The lowest BCUT2D eigenvalue weighted by molar-refractivity contribution is -0.142. The number of benzene rings is 4. The van der Waals surface area contributed by atoms with Crippen LogP contribution in [0.1, 0.15) is 24.5 Å². The Morgan fingerprint density at radius 2 is 1.62 bits per heavy atom. The van der Waals surface area contributed by atoms with Crippen LogP contribution in [0.25, 0.3) is 10.8 Å². The van der Waals surface area contributed by atoms with Crippen LogP contribution in [0.5, 0.6) is 5.75 Å². The Labute approximate surface area is 247 Å². The quantitative estimate of drug-likeness (QED) is 0.188. The third-order valence-corrected chi connectivity index (χ3v) is 7.92. The first-order valence-electron chi connectivity index (χ1n) is 12.7. The Balaban J connectivity index is 1.66. The van der Waals surface area contributed by atoms with Gasteiger partial charge >= 0.3 is 0 Å². The molecule has 4 aromatic carbocycles. The van der Waals surface area contributed by atoms with E-state index in [1.165, 1.54) is 4.90 Å². The van der Waals surface area contributed by atoms with Crippen LogP contribution in [-0.2, 0) is 22.6 Å². The Morgan fingerprint density at radius 3 is 2.33 bits per heavy atom. The van der Waals surface area contributed by atoms with E-state index in [4.69, 9.17) is 27.9 Å². The number of nitrogens with one attached hydrogen (secondary N) is 1. The highest BCUT2D eigenvalue weighted by Gasteiger charge is 2.31. The van der Waals surface area contributed by atoms with Crippen molar-refractivity contribution < 1.29 is 14.3 Å². The molecule has 0 aliphatic heterocycles. The van der Waals surface area contributed by atoms with E-state index < -0.39 is 6.04 Å². The minimum Gasteiger partial charge on any atom is -0.483 e. The van der Waals surface area contributed by atoms with Crippen LogP contribution < -0.4 is 10.1 Å². The maximum atomic E-state index is 13.8. The van der Waals surface area contributed by atoms with E-state index in [2.05, 4.69) is 21.2 Å². The second kappa shape index (κ2) is 13.8. The van der Waals surface area contributed by atoms with Gasteiger partial charge in [-0.25, -0.2) is 0 Å². The van der Waals surface area contributed by atoms with Crippen LogP contribution in [0.2, 0.25) is 10.0 Å². The van der Waals surface area contributed by atoms with Gasteiger partial charge in [-0.15, -0.1) is 0 Å². The minimum atomic E-state index is -0.803. The number of hydrogen-bond acceptors (Lipinski definition) is 3. The van der Waals surface area contributed by atoms with Gasteiger partial charge in [-0.05, 0) is 56.9 Å². The summed E-state index contributed by atoms with van der Waals surface area (Å²) in [5, 5.41) is 5.83. The summed E-state index contributed by atoms with van der Waals surface area (Å²) in [7, 11) is 0. The third kappa shape index (κ3) is 7.33. The summed E-state index contributed by atoms with van der Waals surface area (Å²) in [5.74, 6) is -0.0736. The number of carbonyl (C=O) groups is 2. The standard InChI is InChI=1S/C31H29BrCl2N2O3/c1-2-17-35-31(38)27(18-21-9-4-3-5-10-21)36(19-24-25(33)13-8-14-26(24)34)29(37)20-39-28-16-15-22-11-6-7-12-23(22)30(28)32/h3-16,27H,2,17-20H2,1H3,(H,35,38)/t27-/m0/s1. The summed E-state index contributed by atoms with van der Waals surface area (Å²) in [4.78, 5) is 28.8. The molecule has 0 spiro atoms. The van der Waals surface area contributed by atoms with Crippen molar-refractivity contribution in [3.63, 3.8) is 0 Å². The van der Waals surface area contributed by atoms with E-state index in [0.29, 0.717) is 34.3 Å². The van der Waals surface area contributed by atoms with E-state index >= 15 is 0 Å². The third-order valence-electron chi connectivity index (χ3n) is 6.39. The molecule has 5 nitrogen and oxygen atoms in total. The molecule has 39 heavy (non-hydrogen) atoms. The molecule has 0 radical (unpaired) electrons. The van der Waals surface area contributed by atoms with Gasteiger partial charge in [0.2, 0.25) is 5.91 Å². The van der Waals surface area contributed by atoms with Crippen molar-refractivity contribution >= 4 is 61.7 Å². The summed E-state index contributed by atoms with van der Waals surface area (Å²) in [6.07, 6.45) is 1.09. The molecular formula is C31H29BrCl2N2O3. The highest BCUT2D eigenvalue weighted by Crippen LogP contribution is 2.33. The van der Waals surface area contributed by atoms with Gasteiger partial charge in [-0.1, -0.05) is 96.9 Å². The van der Waals surface area contributed by atoms with Crippen molar-refractivity contribution in [1.82, 2.24) is 10.2 Å². The second-order valence-corrected chi connectivity index (χ2v) is 10.7. The van der Waals surface area contributed by atoms with Gasteiger partial charge in [-0.3, -0.25) is 9.59 Å². The number of nitrogens with zero attached hydrogens (tertiary/aromatic N) is 1. The van der Waals surface area contributed by atoms with Crippen LogP contribution in [0.3, 0.4) is 0 Å². The number of amides is 2. The zero-order valence-electron chi connectivity index (χ0n) is 21.5. The van der Waals surface area contributed by atoms with Crippen molar-refractivity contribution in [1.29, 1.82) is 0 Å². The minimum absolute atomic E-state index is 0.0522. The Hall–Kier alpha value is -3.06. The molecule has 8 heteroatoms. The predicted molar refractivity (Wildman–Crippen MR) is 161 cm³/mol. The van der Waals surface area contributed by atoms with Crippen LogP contribution in [0, 0.1) is 0 Å². The topological polar surface area (TPSA) is 58.6 Å². The second-order valence-electron chi connectivity index (χ2n) is 9.11. The summed E-state index contributed by atoms with van der Waals surface area (Å²) in [6, 6.07) is 25.7. The molecule has 202 valence electrons. The van der Waals surface area contributed by atoms with E-state index in [9.17, 15) is 9.59 Å². The molecule has 0 saturated carbocycles. The fraction of sp³-hybridized carbons (Fsp3) is 0.226. The molecule has 0 bridgehead atoms. The van der Waals surface area contributed by atoms with Gasteiger partial charge in [0.15, 0.2) is 6.61 Å². The molecule has 2 amide bonds. The number of halogens is 3. The van der Waals surface area contributed by atoms with Gasteiger partial charge in [0.05, 0.1) is 4.47 Å². The number of hydrogen-bond donors (Lipinski definition) is 1. The fourth-order valence-electron chi connectivity index (χ4n) is 4.32. The Bertz CT molecular complexity index is 1430. The Morgan fingerprint density at radius 1 is 0.923 bits per heavy atom. The average molecular weight is 628 g/mol. The molecule has 0 aliphatic rings. The number of rotatable bonds is 11. The highest BCUT2D eigenvalue weighted by molar-refractivity contribution is 9.10. The molecule has 4 rings (SSSR count). The molecule has 1 N–H and O–H groups in total. The van der Waals surface area contributed by atoms with Crippen molar-refractivity contribution in [3.05, 3.63) is 111 Å². The molecule has 0 unspecified atom stereocenters. The summed E-state index contributed by atoms with van der Waals surface area (Å²) >= 11 is 16.6. The lowest BCUT2D eigenvalue weighted by atomic mass is 10.0. The van der Waals surface area contributed by atoms with E-state index in [1.54, 1.807) is 18.2 Å². The van der Waals surface area contributed by atoms with Gasteiger partial charge in [-0.2, -0.15) is 0 Å². The van der Waals surface area contributed by atoms with E-state index in [0.717, 1.165) is 27.2 Å². The van der Waals surface area contributed by atoms with Gasteiger partial charge in [0, 0.05) is 35.1 Å². The van der Waals surface area contributed by atoms with Crippen molar-refractivity contribution in [2.75, 3.05) is 13.2 Å². The summed E-state index contributed by atoms with van der Waals surface area (Å²) in [5.41, 5.74) is 1.50. The fourth-order valence-corrected chi connectivity index (χ4v) is 5.45. The smallest absolute Gasteiger partial charge is 0.261 e. The maximum absolute atomic E-state index is 13.8. The Kier molecular flexibility index (Phi) is 10.3. The van der Waals surface area contributed by atoms with Crippen LogP contribution in [0.15, 0.2) is 89.4 Å². The van der Waals surface area contributed by atoms with Gasteiger partial charge in [0.25, 0.3) is 5.91 Å². The molecule has 1 atom stereocenters. The van der Waals surface area contributed by atoms with Crippen molar-refractivity contribution in [3.8, 4) is 5.75 Å². The molecule has 0 heterocycles. The molecule has 4 aromatic rings. The van der Waals surface area contributed by atoms with Gasteiger partial charge < -0.3 is 15.0 Å². The first-order valence-corrected chi connectivity index (χ1v) is 14.3. The largest absolute Gasteiger partial charge is 0.483 e. The summed E-state index contributed by atoms with van der Waals surface area (Å²) < 4.78 is 6.77. The number of fused-ring (bicyclic) bond motifs is 1. The monoisotopic (exact) mass is 626 g/mol. The normalized spacial score (nSPS) is 11.7. The maximum Gasteiger partial charge on any atom is 0.261 e. The van der Waals surface area contributed by atoms with Crippen LogP contribution in [0.4, 0.5) is 0 Å². The first kappa shape index (κ1) is 28.9. The van der Waals surface area contributed by atoms with Crippen molar-refractivity contribution in [2.24, 2.45) is 0 Å². The van der Waals surface area contributed by atoms with Gasteiger partial charge in [0.1, 0.15) is 11.8 Å². The molecule has 0 saturated heterocycles. The number of carbonyl (C=O) groups excluding carboxylic acids is 2. The number of ether oxygens (including phenoxy) is 1. The van der Waals surface area contributed by atoms with Crippen LogP contribution >= 0.6 is 39.1 Å². The predicted octanol–water partition coefficient (Wildman–Crippen LogP) is 7.45. The van der Waals surface area contributed by atoms with E-state index in [1.807, 2.05) is 73.7 Å². The lowest BCUT2D eigenvalue weighted by Crippen LogP contribution is -2.51. The molecule has 0 fully saturated rings.